The second-order valence-corrected chi connectivity index (χ2v) is 6.80. The number of nitrogens with one attached hydrogen (secondary N) is 2. The Balaban J connectivity index is 1.97. The van der Waals surface area contributed by atoms with E-state index in [1.165, 1.54) is 23.9 Å². The van der Waals surface area contributed by atoms with Gasteiger partial charge in [-0.05, 0) is 36.1 Å². The number of nitrogens with zero attached hydrogens (tertiary/aromatic N) is 1. The molecule has 0 saturated heterocycles. The van der Waals surface area contributed by atoms with Crippen molar-refractivity contribution in [3.63, 3.8) is 0 Å². The molecule has 7 heteroatoms. The number of hydrogen-bond acceptors (Lipinski definition) is 4. The molecular weight excluding hydrogens is 346 g/mol. The molecule has 1 aliphatic carbocycles. The zero-order valence-electron chi connectivity index (χ0n) is 15.6. The van der Waals surface area contributed by atoms with Gasteiger partial charge >= 0.3 is 0 Å². The number of carbonyl (C=O) groups is 2. The first-order valence-electron chi connectivity index (χ1n) is 8.83. The van der Waals surface area contributed by atoms with Gasteiger partial charge in [-0.15, -0.1) is 0 Å². The predicted octanol–water partition coefficient (Wildman–Crippen LogP) is 1.40. The van der Waals surface area contributed by atoms with Gasteiger partial charge in [-0.2, -0.15) is 0 Å². The average molecular weight is 369 g/mol. The predicted molar refractivity (Wildman–Crippen MR) is 101 cm³/mol. The van der Waals surface area contributed by atoms with Crippen molar-refractivity contribution in [3.05, 3.63) is 63.6 Å². The zero-order valence-corrected chi connectivity index (χ0v) is 15.6. The summed E-state index contributed by atoms with van der Waals surface area (Å²) in [6.07, 6.45) is 2.44. The molecular formula is C20H23N3O4. The SMILES string of the molecule is CNC(=O)c1cc(C(=O)NC2CC2C)cn(Cc2cccc(OC)c2)c1=O. The summed E-state index contributed by atoms with van der Waals surface area (Å²) in [5.41, 5.74) is 0.605. The molecule has 1 heterocycles. The van der Waals surface area contributed by atoms with Crippen molar-refractivity contribution in [2.24, 2.45) is 5.92 Å². The fourth-order valence-electron chi connectivity index (χ4n) is 2.92. The second kappa shape index (κ2) is 7.65. The molecule has 2 unspecified atom stereocenters. The van der Waals surface area contributed by atoms with Crippen LogP contribution in [0, 0.1) is 5.92 Å². The molecule has 1 aliphatic rings. The number of aromatic nitrogens is 1. The van der Waals surface area contributed by atoms with Crippen LogP contribution in [0.1, 0.15) is 39.6 Å². The number of ether oxygens (including phenoxy) is 1. The van der Waals surface area contributed by atoms with Gasteiger partial charge in [0.05, 0.1) is 19.2 Å². The summed E-state index contributed by atoms with van der Waals surface area (Å²) in [6, 6.07) is 8.80. The number of amides is 2. The smallest absolute Gasteiger partial charge is 0.263 e. The molecule has 0 bridgehead atoms. The number of hydrogen-bond donors (Lipinski definition) is 2. The van der Waals surface area contributed by atoms with Gasteiger partial charge in [-0.3, -0.25) is 14.4 Å². The molecule has 142 valence electrons. The lowest BCUT2D eigenvalue weighted by Gasteiger charge is -2.12. The van der Waals surface area contributed by atoms with Gasteiger partial charge in [0, 0.05) is 19.3 Å². The summed E-state index contributed by atoms with van der Waals surface area (Å²) in [5, 5.41) is 5.38. The number of rotatable bonds is 6. The van der Waals surface area contributed by atoms with Crippen LogP contribution in [0.2, 0.25) is 0 Å². The van der Waals surface area contributed by atoms with Crippen LogP contribution in [0.3, 0.4) is 0 Å². The second-order valence-electron chi connectivity index (χ2n) is 6.80. The highest BCUT2D eigenvalue weighted by Gasteiger charge is 2.34. The summed E-state index contributed by atoms with van der Waals surface area (Å²) in [5.74, 6) is 0.321. The molecule has 0 radical (unpaired) electrons. The summed E-state index contributed by atoms with van der Waals surface area (Å²) < 4.78 is 6.59. The third-order valence-corrected chi connectivity index (χ3v) is 4.73. The molecule has 27 heavy (non-hydrogen) atoms. The van der Waals surface area contributed by atoms with Crippen molar-refractivity contribution in [2.45, 2.75) is 25.9 Å². The Kier molecular flexibility index (Phi) is 5.30. The topological polar surface area (TPSA) is 89.4 Å². The molecule has 0 aliphatic heterocycles. The molecule has 1 aromatic heterocycles. The van der Waals surface area contributed by atoms with Gasteiger partial charge in [0.15, 0.2) is 0 Å². The van der Waals surface area contributed by atoms with Gasteiger partial charge in [0.1, 0.15) is 11.3 Å². The largest absolute Gasteiger partial charge is 0.497 e. The van der Waals surface area contributed by atoms with E-state index < -0.39 is 11.5 Å². The molecule has 3 rings (SSSR count). The summed E-state index contributed by atoms with van der Waals surface area (Å²) in [7, 11) is 3.02. The monoisotopic (exact) mass is 369 g/mol. The first kappa shape index (κ1) is 18.7. The Morgan fingerprint density at radius 1 is 1.26 bits per heavy atom. The lowest BCUT2D eigenvalue weighted by atomic mass is 10.1. The van der Waals surface area contributed by atoms with E-state index in [-0.39, 0.29) is 29.6 Å². The molecule has 0 spiro atoms. The van der Waals surface area contributed by atoms with E-state index in [2.05, 4.69) is 17.6 Å². The molecule has 7 nitrogen and oxygen atoms in total. The minimum Gasteiger partial charge on any atom is -0.497 e. The Labute approximate surface area is 157 Å². The van der Waals surface area contributed by atoms with Crippen LogP contribution in [0.15, 0.2) is 41.3 Å². The maximum atomic E-state index is 12.7. The van der Waals surface area contributed by atoms with Crippen LogP contribution in [0.4, 0.5) is 0 Å². The fraction of sp³-hybridized carbons (Fsp3) is 0.350. The Hall–Kier alpha value is -3.09. The third kappa shape index (κ3) is 4.19. The summed E-state index contributed by atoms with van der Waals surface area (Å²) >= 11 is 0. The molecule has 1 saturated carbocycles. The minimum atomic E-state index is -0.520. The van der Waals surface area contributed by atoms with Gasteiger partial charge < -0.3 is 19.9 Å². The summed E-state index contributed by atoms with van der Waals surface area (Å²) in [4.78, 5) is 37.4. The number of carbonyl (C=O) groups excluding carboxylic acids is 2. The van der Waals surface area contributed by atoms with Gasteiger partial charge in [0.2, 0.25) is 0 Å². The number of pyridine rings is 1. The highest BCUT2D eigenvalue weighted by molar-refractivity contribution is 5.99. The molecule has 2 amide bonds. The molecule has 1 aromatic carbocycles. The van der Waals surface area contributed by atoms with Crippen LogP contribution in [-0.2, 0) is 6.54 Å². The van der Waals surface area contributed by atoms with E-state index in [1.54, 1.807) is 7.11 Å². The van der Waals surface area contributed by atoms with E-state index in [9.17, 15) is 14.4 Å². The van der Waals surface area contributed by atoms with Crippen molar-refractivity contribution in [3.8, 4) is 5.75 Å². The van der Waals surface area contributed by atoms with Crippen LogP contribution < -0.4 is 20.9 Å². The van der Waals surface area contributed by atoms with E-state index in [0.29, 0.717) is 11.7 Å². The van der Waals surface area contributed by atoms with Crippen LogP contribution in [0.25, 0.3) is 0 Å². The Bertz CT molecular complexity index is 935. The van der Waals surface area contributed by atoms with Gasteiger partial charge in [0.25, 0.3) is 17.4 Å². The maximum Gasteiger partial charge on any atom is 0.263 e. The van der Waals surface area contributed by atoms with E-state index in [0.717, 1.165) is 12.0 Å². The molecule has 2 atom stereocenters. The fourth-order valence-corrected chi connectivity index (χ4v) is 2.92. The highest BCUT2D eigenvalue weighted by Crippen LogP contribution is 2.29. The van der Waals surface area contributed by atoms with Crippen molar-refractivity contribution in [1.29, 1.82) is 0 Å². The van der Waals surface area contributed by atoms with E-state index >= 15 is 0 Å². The van der Waals surface area contributed by atoms with Gasteiger partial charge in [-0.25, -0.2) is 0 Å². The number of benzene rings is 1. The lowest BCUT2D eigenvalue weighted by molar-refractivity contribution is 0.0948. The zero-order chi connectivity index (χ0) is 19.6. The molecule has 1 fully saturated rings. The van der Waals surface area contributed by atoms with Crippen molar-refractivity contribution >= 4 is 11.8 Å². The van der Waals surface area contributed by atoms with Crippen molar-refractivity contribution in [1.82, 2.24) is 15.2 Å². The number of methoxy groups -OCH3 is 1. The quantitative estimate of drug-likeness (QED) is 0.806. The van der Waals surface area contributed by atoms with Crippen LogP contribution >= 0.6 is 0 Å². The first-order chi connectivity index (χ1) is 12.9. The Morgan fingerprint density at radius 3 is 2.63 bits per heavy atom. The highest BCUT2D eigenvalue weighted by atomic mass is 16.5. The lowest BCUT2D eigenvalue weighted by Crippen LogP contribution is -2.34. The van der Waals surface area contributed by atoms with E-state index in [4.69, 9.17) is 4.74 Å². The first-order valence-corrected chi connectivity index (χ1v) is 8.83. The van der Waals surface area contributed by atoms with Crippen molar-refractivity contribution < 1.29 is 14.3 Å². The van der Waals surface area contributed by atoms with Crippen molar-refractivity contribution in [2.75, 3.05) is 14.2 Å². The standard InChI is InChI=1S/C20H23N3O4/c1-12-7-17(12)22-18(24)14-9-16(19(25)21-2)20(26)23(11-14)10-13-5-4-6-15(8-13)27-3/h4-6,8-9,11-12,17H,7,10H2,1-3H3,(H,21,25)(H,22,24). The van der Waals surface area contributed by atoms with E-state index in [1.807, 2.05) is 24.3 Å². The van der Waals surface area contributed by atoms with Crippen LogP contribution in [-0.4, -0.2) is 36.6 Å². The normalized spacial score (nSPS) is 17.9. The maximum absolute atomic E-state index is 12.7. The summed E-state index contributed by atoms with van der Waals surface area (Å²) in [6.45, 7) is 2.28. The molecule has 2 N–H and O–H groups in total. The minimum absolute atomic E-state index is 0.0584. The Morgan fingerprint density at radius 2 is 2.00 bits per heavy atom. The van der Waals surface area contributed by atoms with Gasteiger partial charge in [-0.1, -0.05) is 19.1 Å². The third-order valence-electron chi connectivity index (χ3n) is 4.73. The van der Waals surface area contributed by atoms with Crippen LogP contribution in [0.5, 0.6) is 5.75 Å². The average Bonchev–Trinajstić information content (AvgIpc) is 3.37. The molecule has 2 aromatic rings.